The molecule has 0 saturated carbocycles. The number of hydrogen-bond donors (Lipinski definition) is 1. The zero-order valence-corrected chi connectivity index (χ0v) is 10.7. The summed E-state index contributed by atoms with van der Waals surface area (Å²) in [6.45, 7) is 0. The van der Waals surface area contributed by atoms with Gasteiger partial charge in [0, 0.05) is 17.7 Å². The van der Waals surface area contributed by atoms with Gasteiger partial charge >= 0.3 is 0 Å². The van der Waals surface area contributed by atoms with Gasteiger partial charge in [0.2, 0.25) is 11.7 Å². The van der Waals surface area contributed by atoms with Crippen LogP contribution < -0.4 is 5.32 Å². The Morgan fingerprint density at radius 2 is 2.05 bits per heavy atom. The molecule has 1 amide bonds. The van der Waals surface area contributed by atoms with Gasteiger partial charge in [-0.05, 0) is 53.9 Å². The second-order valence-electron chi connectivity index (χ2n) is 4.35. The van der Waals surface area contributed by atoms with E-state index in [1.807, 2.05) is 0 Å². The SMILES string of the molecule is O=C1CCc2cc(C(=O)c3ccc(Cl)o3)ccc2N1. The fourth-order valence-electron chi connectivity index (χ4n) is 2.10. The molecule has 0 bridgehead atoms. The van der Waals surface area contributed by atoms with Crippen molar-refractivity contribution in [2.75, 3.05) is 5.32 Å². The lowest BCUT2D eigenvalue weighted by molar-refractivity contribution is -0.116. The number of carbonyl (C=O) groups is 2. The van der Waals surface area contributed by atoms with Crippen LogP contribution in [0.5, 0.6) is 0 Å². The van der Waals surface area contributed by atoms with Crippen LogP contribution in [0.15, 0.2) is 34.7 Å². The molecule has 1 aromatic heterocycles. The molecular formula is C14H10ClNO3. The molecule has 0 unspecified atom stereocenters. The van der Waals surface area contributed by atoms with Crippen molar-refractivity contribution in [2.45, 2.75) is 12.8 Å². The minimum Gasteiger partial charge on any atom is -0.441 e. The Balaban J connectivity index is 1.94. The largest absolute Gasteiger partial charge is 0.441 e. The van der Waals surface area contributed by atoms with Crippen LogP contribution in [0.25, 0.3) is 0 Å². The monoisotopic (exact) mass is 275 g/mol. The van der Waals surface area contributed by atoms with E-state index >= 15 is 0 Å². The highest BCUT2D eigenvalue weighted by Gasteiger charge is 2.18. The molecule has 0 atom stereocenters. The maximum absolute atomic E-state index is 12.2. The molecule has 0 aliphatic carbocycles. The van der Waals surface area contributed by atoms with Gasteiger partial charge in [0.15, 0.2) is 11.0 Å². The second-order valence-corrected chi connectivity index (χ2v) is 4.73. The Morgan fingerprint density at radius 3 is 2.79 bits per heavy atom. The Hall–Kier alpha value is -2.07. The topological polar surface area (TPSA) is 59.3 Å². The summed E-state index contributed by atoms with van der Waals surface area (Å²) in [5.74, 6) is 0.000730. The third kappa shape index (κ3) is 2.27. The van der Waals surface area contributed by atoms with Gasteiger partial charge in [0.05, 0.1) is 0 Å². The Labute approximate surface area is 114 Å². The summed E-state index contributed by atoms with van der Waals surface area (Å²) in [5, 5.41) is 2.96. The lowest BCUT2D eigenvalue weighted by atomic mass is 9.98. The van der Waals surface area contributed by atoms with Crippen LogP contribution in [0.3, 0.4) is 0 Å². The van der Waals surface area contributed by atoms with Crippen molar-refractivity contribution in [3.8, 4) is 0 Å². The van der Waals surface area contributed by atoms with Crippen LogP contribution in [0.4, 0.5) is 5.69 Å². The smallest absolute Gasteiger partial charge is 0.228 e. The lowest BCUT2D eigenvalue weighted by Crippen LogP contribution is -2.19. The van der Waals surface area contributed by atoms with Crippen LogP contribution in [0.1, 0.15) is 28.1 Å². The molecule has 19 heavy (non-hydrogen) atoms. The van der Waals surface area contributed by atoms with Gasteiger partial charge in [-0.15, -0.1) is 0 Å². The highest BCUT2D eigenvalue weighted by atomic mass is 35.5. The predicted molar refractivity (Wildman–Crippen MR) is 70.5 cm³/mol. The Morgan fingerprint density at radius 1 is 1.21 bits per heavy atom. The highest BCUT2D eigenvalue weighted by Crippen LogP contribution is 2.25. The first kappa shape index (κ1) is 12.0. The van der Waals surface area contributed by atoms with E-state index < -0.39 is 0 Å². The molecule has 1 N–H and O–H groups in total. The predicted octanol–water partition coefficient (Wildman–Crippen LogP) is 3.05. The molecule has 2 heterocycles. The first-order valence-corrected chi connectivity index (χ1v) is 6.24. The van der Waals surface area contributed by atoms with Crippen LogP contribution in [0, 0.1) is 0 Å². The van der Waals surface area contributed by atoms with Crippen LogP contribution >= 0.6 is 11.6 Å². The van der Waals surface area contributed by atoms with Crippen LogP contribution in [-0.2, 0) is 11.2 Å². The van der Waals surface area contributed by atoms with Crippen LogP contribution in [-0.4, -0.2) is 11.7 Å². The summed E-state index contributed by atoms with van der Waals surface area (Å²) < 4.78 is 5.11. The molecule has 3 rings (SSSR count). The van der Waals surface area contributed by atoms with E-state index in [1.54, 1.807) is 24.3 Å². The molecule has 0 saturated heterocycles. The molecule has 4 nitrogen and oxygen atoms in total. The quantitative estimate of drug-likeness (QED) is 0.857. The number of rotatable bonds is 2. The average molecular weight is 276 g/mol. The number of furan rings is 1. The van der Waals surface area contributed by atoms with Crippen molar-refractivity contribution in [2.24, 2.45) is 0 Å². The van der Waals surface area contributed by atoms with E-state index in [0.29, 0.717) is 18.4 Å². The number of amides is 1. The zero-order valence-electron chi connectivity index (χ0n) is 9.90. The van der Waals surface area contributed by atoms with Crippen molar-refractivity contribution < 1.29 is 14.0 Å². The minimum atomic E-state index is -0.216. The first-order chi connectivity index (χ1) is 9.13. The van der Waals surface area contributed by atoms with Gasteiger partial charge in [-0.25, -0.2) is 0 Å². The van der Waals surface area contributed by atoms with Crippen molar-refractivity contribution in [3.05, 3.63) is 52.4 Å². The second kappa shape index (κ2) is 4.55. The molecule has 96 valence electrons. The van der Waals surface area contributed by atoms with E-state index in [9.17, 15) is 9.59 Å². The normalized spacial score (nSPS) is 13.8. The molecule has 1 aliphatic heterocycles. The fourth-order valence-corrected chi connectivity index (χ4v) is 2.25. The molecule has 1 aliphatic rings. The maximum atomic E-state index is 12.2. The molecule has 1 aromatic carbocycles. The lowest BCUT2D eigenvalue weighted by Gasteiger charge is -2.17. The van der Waals surface area contributed by atoms with Crippen molar-refractivity contribution >= 4 is 29.0 Å². The third-order valence-corrected chi connectivity index (χ3v) is 3.26. The van der Waals surface area contributed by atoms with Crippen molar-refractivity contribution in [1.29, 1.82) is 0 Å². The molecule has 2 aromatic rings. The zero-order chi connectivity index (χ0) is 13.4. The first-order valence-electron chi connectivity index (χ1n) is 5.86. The summed E-state index contributed by atoms with van der Waals surface area (Å²) in [7, 11) is 0. The Bertz CT molecular complexity index is 675. The van der Waals surface area contributed by atoms with Gasteiger partial charge < -0.3 is 9.73 Å². The van der Waals surface area contributed by atoms with E-state index in [-0.39, 0.29) is 22.7 Å². The van der Waals surface area contributed by atoms with E-state index in [1.165, 1.54) is 6.07 Å². The van der Waals surface area contributed by atoms with E-state index in [4.69, 9.17) is 16.0 Å². The number of aryl methyl sites for hydroxylation is 1. The number of benzene rings is 1. The van der Waals surface area contributed by atoms with Gasteiger partial charge in [-0.1, -0.05) is 0 Å². The van der Waals surface area contributed by atoms with E-state index in [0.717, 1.165) is 11.3 Å². The highest BCUT2D eigenvalue weighted by molar-refractivity contribution is 6.29. The minimum absolute atomic E-state index is 0.00407. The average Bonchev–Trinajstić information content (AvgIpc) is 2.84. The van der Waals surface area contributed by atoms with Gasteiger partial charge in [-0.2, -0.15) is 0 Å². The number of carbonyl (C=O) groups excluding carboxylic acids is 2. The Kier molecular flexibility index (Phi) is 2.87. The fraction of sp³-hybridized carbons (Fsp3) is 0.143. The number of anilines is 1. The summed E-state index contributed by atoms with van der Waals surface area (Å²) >= 11 is 5.66. The number of hydrogen-bond acceptors (Lipinski definition) is 3. The number of halogens is 1. The molecule has 0 radical (unpaired) electrons. The van der Waals surface area contributed by atoms with Crippen molar-refractivity contribution in [1.82, 2.24) is 0 Å². The molecule has 0 fully saturated rings. The third-order valence-electron chi connectivity index (χ3n) is 3.06. The summed E-state index contributed by atoms with van der Waals surface area (Å²) in [5.41, 5.74) is 2.26. The number of fused-ring (bicyclic) bond motifs is 1. The van der Waals surface area contributed by atoms with Crippen molar-refractivity contribution in [3.63, 3.8) is 0 Å². The molecule has 5 heteroatoms. The van der Waals surface area contributed by atoms with Gasteiger partial charge in [0.25, 0.3) is 0 Å². The molecule has 0 spiro atoms. The number of nitrogens with one attached hydrogen (secondary N) is 1. The van der Waals surface area contributed by atoms with Crippen LogP contribution in [0.2, 0.25) is 5.22 Å². The maximum Gasteiger partial charge on any atom is 0.228 e. The summed E-state index contributed by atoms with van der Waals surface area (Å²) in [6, 6.07) is 8.28. The summed E-state index contributed by atoms with van der Waals surface area (Å²) in [4.78, 5) is 23.4. The summed E-state index contributed by atoms with van der Waals surface area (Å²) in [6.07, 6.45) is 1.08. The van der Waals surface area contributed by atoms with E-state index in [2.05, 4.69) is 5.32 Å². The van der Waals surface area contributed by atoms with Gasteiger partial charge in [0.1, 0.15) is 0 Å². The standard InChI is InChI=1S/C14H10ClNO3/c15-12-5-4-11(19-12)14(18)9-1-3-10-8(7-9)2-6-13(17)16-10/h1,3-5,7H,2,6H2,(H,16,17). The molecular weight excluding hydrogens is 266 g/mol. The van der Waals surface area contributed by atoms with Gasteiger partial charge in [-0.3, -0.25) is 9.59 Å². The number of ketones is 1.